The summed E-state index contributed by atoms with van der Waals surface area (Å²) in [6, 6.07) is 5.11. The molecule has 1 aliphatic rings. The molecule has 2 rings (SSSR count). The Hall–Kier alpha value is -0.560. The van der Waals surface area contributed by atoms with Gasteiger partial charge in [0.25, 0.3) is 0 Å². The van der Waals surface area contributed by atoms with Gasteiger partial charge in [-0.3, -0.25) is 4.79 Å². The Balaban J connectivity index is 2.45. The van der Waals surface area contributed by atoms with Crippen molar-refractivity contribution in [2.75, 3.05) is 6.54 Å². The van der Waals surface area contributed by atoms with Crippen LogP contribution in [0.3, 0.4) is 0 Å². The van der Waals surface area contributed by atoms with Crippen molar-refractivity contribution < 1.29 is 9.90 Å². The average Bonchev–Trinajstić information content (AvgIpc) is 2.33. The molecule has 0 aliphatic carbocycles. The minimum absolute atomic E-state index is 0.0159. The Bertz CT molecular complexity index is 516. The summed E-state index contributed by atoms with van der Waals surface area (Å²) in [5.74, 6) is 0.360. The first kappa shape index (κ1) is 13.9. The van der Waals surface area contributed by atoms with E-state index in [0.717, 1.165) is 22.2 Å². The van der Waals surface area contributed by atoms with Crippen LogP contribution in [0.4, 0.5) is 0 Å². The van der Waals surface area contributed by atoms with Crippen molar-refractivity contribution in [3.05, 3.63) is 34.3 Å². The molecular formula is C13H13BrINO2. The number of carbonyl (C=O) groups is 1. The molecule has 0 saturated carbocycles. The van der Waals surface area contributed by atoms with Gasteiger partial charge in [0.2, 0.25) is 5.91 Å². The third kappa shape index (κ3) is 2.56. The van der Waals surface area contributed by atoms with Crippen LogP contribution in [-0.2, 0) is 4.79 Å². The third-order valence-corrected chi connectivity index (χ3v) is 4.59. The SMILES string of the molecule is CCN1C(=O)C(I)CC=C1c1ccc(O)cc1Br. The summed E-state index contributed by atoms with van der Waals surface area (Å²) in [5.41, 5.74) is 1.86. The molecule has 0 radical (unpaired) electrons. The predicted octanol–water partition coefficient (Wildman–Crippen LogP) is 3.55. The number of amides is 1. The fraction of sp³-hybridized carbons (Fsp3) is 0.308. The number of rotatable bonds is 2. The van der Waals surface area contributed by atoms with Crippen molar-refractivity contribution in [3.63, 3.8) is 0 Å². The summed E-state index contributed by atoms with van der Waals surface area (Å²) in [6.07, 6.45) is 2.83. The van der Waals surface area contributed by atoms with Gasteiger partial charge in [-0.2, -0.15) is 0 Å². The summed E-state index contributed by atoms with van der Waals surface area (Å²) in [6.45, 7) is 2.62. The van der Waals surface area contributed by atoms with E-state index in [1.54, 1.807) is 17.0 Å². The van der Waals surface area contributed by atoms with Gasteiger partial charge in [0.15, 0.2) is 0 Å². The number of carbonyl (C=O) groups excluding carboxylic acids is 1. The van der Waals surface area contributed by atoms with Gasteiger partial charge < -0.3 is 10.0 Å². The van der Waals surface area contributed by atoms with Gasteiger partial charge >= 0.3 is 0 Å². The quantitative estimate of drug-likeness (QED) is 0.586. The zero-order valence-electron chi connectivity index (χ0n) is 9.86. The molecule has 1 heterocycles. The molecule has 0 fully saturated rings. The summed E-state index contributed by atoms with van der Waals surface area (Å²) < 4.78 is 0.814. The lowest BCUT2D eigenvalue weighted by Crippen LogP contribution is -2.38. The number of phenolic OH excluding ortho intramolecular Hbond substituents is 1. The van der Waals surface area contributed by atoms with E-state index in [4.69, 9.17) is 0 Å². The Morgan fingerprint density at radius 3 is 2.89 bits per heavy atom. The average molecular weight is 422 g/mol. The number of phenols is 1. The van der Waals surface area contributed by atoms with Crippen LogP contribution in [0.2, 0.25) is 0 Å². The third-order valence-electron chi connectivity index (χ3n) is 2.89. The van der Waals surface area contributed by atoms with Crippen LogP contribution in [0, 0.1) is 0 Å². The molecular weight excluding hydrogens is 409 g/mol. The first-order valence-electron chi connectivity index (χ1n) is 5.69. The number of allylic oxidation sites excluding steroid dienone is 1. The van der Waals surface area contributed by atoms with Crippen molar-refractivity contribution in [2.45, 2.75) is 17.3 Å². The molecule has 0 spiro atoms. The van der Waals surface area contributed by atoms with E-state index in [1.807, 2.05) is 13.0 Å². The second-order valence-electron chi connectivity index (χ2n) is 4.04. The van der Waals surface area contributed by atoms with Crippen LogP contribution >= 0.6 is 38.5 Å². The van der Waals surface area contributed by atoms with E-state index in [9.17, 15) is 9.90 Å². The fourth-order valence-corrected chi connectivity index (χ4v) is 3.17. The zero-order valence-corrected chi connectivity index (χ0v) is 13.6. The molecule has 1 aromatic rings. The maximum Gasteiger partial charge on any atom is 0.240 e. The van der Waals surface area contributed by atoms with Crippen molar-refractivity contribution in [2.24, 2.45) is 0 Å². The van der Waals surface area contributed by atoms with Gasteiger partial charge in [-0.1, -0.05) is 28.7 Å². The first-order valence-corrected chi connectivity index (χ1v) is 7.73. The Labute approximate surface area is 128 Å². The Kier molecular flexibility index (Phi) is 4.32. The van der Waals surface area contributed by atoms with Gasteiger partial charge in [-0.15, -0.1) is 0 Å². The summed E-state index contributed by atoms with van der Waals surface area (Å²) >= 11 is 5.61. The summed E-state index contributed by atoms with van der Waals surface area (Å²) in [5, 5.41) is 9.42. The first-order chi connectivity index (χ1) is 8.54. The molecule has 1 unspecified atom stereocenters. The monoisotopic (exact) mass is 421 g/mol. The second-order valence-corrected chi connectivity index (χ2v) is 6.40. The van der Waals surface area contributed by atoms with E-state index >= 15 is 0 Å². The number of hydrogen-bond donors (Lipinski definition) is 1. The second kappa shape index (κ2) is 5.61. The lowest BCUT2D eigenvalue weighted by Gasteiger charge is -2.30. The predicted molar refractivity (Wildman–Crippen MR) is 83.6 cm³/mol. The lowest BCUT2D eigenvalue weighted by molar-refractivity contribution is -0.127. The van der Waals surface area contributed by atoms with Crippen molar-refractivity contribution in [1.29, 1.82) is 0 Å². The van der Waals surface area contributed by atoms with Gasteiger partial charge in [0, 0.05) is 22.3 Å². The molecule has 0 aromatic heterocycles. The van der Waals surface area contributed by atoms with E-state index in [1.165, 1.54) is 0 Å². The molecule has 3 nitrogen and oxygen atoms in total. The van der Waals surface area contributed by atoms with Gasteiger partial charge in [-0.25, -0.2) is 0 Å². The van der Waals surface area contributed by atoms with Crippen LogP contribution in [0.15, 0.2) is 28.7 Å². The Morgan fingerprint density at radius 1 is 1.56 bits per heavy atom. The topological polar surface area (TPSA) is 40.5 Å². The highest BCUT2D eigenvalue weighted by Crippen LogP contribution is 2.34. The molecule has 18 heavy (non-hydrogen) atoms. The Morgan fingerprint density at radius 2 is 2.28 bits per heavy atom. The number of hydrogen-bond acceptors (Lipinski definition) is 2. The molecule has 1 aromatic carbocycles. The molecule has 1 amide bonds. The zero-order chi connectivity index (χ0) is 13.3. The van der Waals surface area contributed by atoms with Crippen LogP contribution in [0.25, 0.3) is 5.70 Å². The minimum Gasteiger partial charge on any atom is -0.508 e. The van der Waals surface area contributed by atoms with Crippen molar-refractivity contribution in [1.82, 2.24) is 4.90 Å². The molecule has 1 N–H and O–H groups in total. The largest absolute Gasteiger partial charge is 0.508 e. The highest BCUT2D eigenvalue weighted by molar-refractivity contribution is 14.1. The van der Waals surface area contributed by atoms with Crippen molar-refractivity contribution in [3.8, 4) is 5.75 Å². The van der Waals surface area contributed by atoms with Gasteiger partial charge in [-0.05, 0) is 47.5 Å². The smallest absolute Gasteiger partial charge is 0.240 e. The minimum atomic E-state index is 0.0159. The molecule has 1 aliphatic heterocycles. The summed E-state index contributed by atoms with van der Waals surface area (Å²) in [4.78, 5) is 13.9. The van der Waals surface area contributed by atoms with Gasteiger partial charge in [0.05, 0.1) is 3.92 Å². The van der Waals surface area contributed by atoms with Gasteiger partial charge in [0.1, 0.15) is 5.75 Å². The van der Waals surface area contributed by atoms with Crippen LogP contribution in [-0.4, -0.2) is 26.4 Å². The van der Waals surface area contributed by atoms with E-state index < -0.39 is 0 Å². The van der Waals surface area contributed by atoms with Crippen molar-refractivity contribution >= 4 is 50.1 Å². The van der Waals surface area contributed by atoms with E-state index in [2.05, 4.69) is 44.6 Å². The maximum atomic E-state index is 12.1. The highest BCUT2D eigenvalue weighted by atomic mass is 127. The molecule has 96 valence electrons. The highest BCUT2D eigenvalue weighted by Gasteiger charge is 2.28. The number of halogens is 2. The number of aromatic hydroxyl groups is 1. The maximum absolute atomic E-state index is 12.1. The lowest BCUT2D eigenvalue weighted by atomic mass is 10.0. The van der Waals surface area contributed by atoms with Crippen LogP contribution in [0.5, 0.6) is 5.75 Å². The number of nitrogens with zero attached hydrogens (tertiary/aromatic N) is 1. The van der Waals surface area contributed by atoms with E-state index in [-0.39, 0.29) is 15.6 Å². The molecule has 1 atom stereocenters. The van der Waals surface area contributed by atoms with Crippen LogP contribution in [0.1, 0.15) is 18.9 Å². The standard InChI is InChI=1S/C13H13BrINO2/c1-2-16-12(6-5-11(15)13(16)18)9-4-3-8(17)7-10(9)14/h3-4,6-7,11,17H,2,5H2,1H3. The molecule has 0 saturated heterocycles. The van der Waals surface area contributed by atoms with Crippen LogP contribution < -0.4 is 0 Å². The van der Waals surface area contributed by atoms with E-state index in [0.29, 0.717) is 6.54 Å². The summed E-state index contributed by atoms with van der Waals surface area (Å²) in [7, 11) is 0. The normalized spacial score (nSPS) is 19.9. The number of benzene rings is 1. The molecule has 0 bridgehead atoms. The fourth-order valence-electron chi connectivity index (χ4n) is 2.01. The molecule has 5 heteroatoms. The number of alkyl halides is 1.